The zero-order valence-electron chi connectivity index (χ0n) is 11.8. The van der Waals surface area contributed by atoms with Crippen molar-refractivity contribution >= 4 is 23.5 Å². The molecule has 0 bridgehead atoms. The summed E-state index contributed by atoms with van der Waals surface area (Å²) < 4.78 is 0. The van der Waals surface area contributed by atoms with E-state index in [0.717, 1.165) is 12.4 Å². The lowest BCUT2D eigenvalue weighted by molar-refractivity contribution is 0.0888. The maximum atomic E-state index is 5.27. The van der Waals surface area contributed by atoms with Crippen LogP contribution in [0.4, 0.5) is 0 Å². The highest BCUT2D eigenvalue weighted by Crippen LogP contribution is 2.27. The molecule has 5 unspecified atom stereocenters. The van der Waals surface area contributed by atoms with E-state index in [1.807, 2.05) is 11.8 Å². The molecule has 114 valence electrons. The highest BCUT2D eigenvalue weighted by Gasteiger charge is 2.27. The summed E-state index contributed by atoms with van der Waals surface area (Å²) in [5.41, 5.74) is 9.89. The number of thioether (sulfide) groups is 2. The van der Waals surface area contributed by atoms with Gasteiger partial charge in [0.25, 0.3) is 0 Å². The van der Waals surface area contributed by atoms with Crippen LogP contribution in [0.3, 0.4) is 0 Å². The van der Waals surface area contributed by atoms with E-state index in [9.17, 15) is 0 Å². The fourth-order valence-corrected chi connectivity index (χ4v) is 4.92. The fourth-order valence-electron chi connectivity index (χ4n) is 2.53. The third-order valence-corrected chi connectivity index (χ3v) is 6.49. The Bertz CT molecular complexity index is 338. The smallest absolute Gasteiger partial charge is 0.119 e. The van der Waals surface area contributed by atoms with Crippen LogP contribution in [0.5, 0.6) is 0 Å². The summed E-state index contributed by atoms with van der Waals surface area (Å²) >= 11 is 3.97. The molecule has 3 aliphatic rings. The molecule has 5 atom stereocenters. The second-order valence-electron chi connectivity index (χ2n) is 5.56. The van der Waals surface area contributed by atoms with Crippen molar-refractivity contribution in [3.05, 3.63) is 12.2 Å². The van der Waals surface area contributed by atoms with Gasteiger partial charge in [0.2, 0.25) is 0 Å². The lowest BCUT2D eigenvalue weighted by Crippen LogP contribution is -2.32. The van der Waals surface area contributed by atoms with Gasteiger partial charge in [0.15, 0.2) is 0 Å². The van der Waals surface area contributed by atoms with E-state index >= 15 is 0 Å². The summed E-state index contributed by atoms with van der Waals surface area (Å²) in [4.78, 5) is 5.27. The molecule has 0 amide bonds. The number of nitrogens with one attached hydrogen (secondary N) is 4. The van der Waals surface area contributed by atoms with E-state index in [-0.39, 0.29) is 11.7 Å². The zero-order valence-corrected chi connectivity index (χ0v) is 13.4. The number of hydrazine groups is 1. The van der Waals surface area contributed by atoms with Gasteiger partial charge in [-0.3, -0.25) is 5.32 Å². The lowest BCUT2D eigenvalue weighted by atomic mass is 10.1. The maximum absolute atomic E-state index is 5.27. The number of hydrogen-bond donors (Lipinski definition) is 4. The van der Waals surface area contributed by atoms with Crippen molar-refractivity contribution in [2.45, 2.75) is 42.7 Å². The predicted octanol–water partition coefficient (Wildman–Crippen LogP) is 1.02. The first kappa shape index (κ1) is 15.1. The van der Waals surface area contributed by atoms with E-state index < -0.39 is 0 Å². The summed E-state index contributed by atoms with van der Waals surface area (Å²) in [5.74, 6) is 3.00. The SMILES string of the molecule is CC1NOCC1CSC1NNC(/C=C/C2CCCS2)N1. The summed E-state index contributed by atoms with van der Waals surface area (Å²) in [7, 11) is 0. The van der Waals surface area contributed by atoms with E-state index in [1.54, 1.807) is 0 Å². The quantitative estimate of drug-likeness (QED) is 0.565. The van der Waals surface area contributed by atoms with Crippen molar-refractivity contribution in [2.24, 2.45) is 5.92 Å². The van der Waals surface area contributed by atoms with Gasteiger partial charge in [0.1, 0.15) is 5.50 Å². The summed E-state index contributed by atoms with van der Waals surface area (Å²) in [5, 5.41) is 4.25. The monoisotopic (exact) mass is 316 g/mol. The van der Waals surface area contributed by atoms with Crippen LogP contribution < -0.4 is 21.6 Å². The van der Waals surface area contributed by atoms with E-state index in [4.69, 9.17) is 4.84 Å². The predicted molar refractivity (Wildman–Crippen MR) is 86.1 cm³/mol. The van der Waals surface area contributed by atoms with Gasteiger partial charge < -0.3 is 4.84 Å². The molecule has 0 aromatic rings. The molecular weight excluding hydrogens is 292 g/mol. The molecule has 3 aliphatic heterocycles. The van der Waals surface area contributed by atoms with Crippen LogP contribution in [0.1, 0.15) is 19.8 Å². The standard InChI is InChI=1S/C13H24N4OS2/c1-9-10(7-18-17-9)8-20-13-14-12(15-16-13)5-4-11-3-2-6-19-11/h4-5,9-17H,2-3,6-8H2,1H3/b5-4+. The van der Waals surface area contributed by atoms with Gasteiger partial charge in [-0.25, -0.2) is 10.9 Å². The molecule has 3 heterocycles. The number of rotatable bonds is 5. The van der Waals surface area contributed by atoms with E-state index in [0.29, 0.717) is 17.2 Å². The molecule has 0 saturated carbocycles. The molecule has 0 aliphatic carbocycles. The van der Waals surface area contributed by atoms with Crippen LogP contribution in [0, 0.1) is 5.92 Å². The maximum Gasteiger partial charge on any atom is 0.119 e. The Kier molecular flexibility index (Phi) is 5.67. The van der Waals surface area contributed by atoms with Gasteiger partial charge in [-0.05, 0) is 25.5 Å². The van der Waals surface area contributed by atoms with Gasteiger partial charge in [0, 0.05) is 23.0 Å². The minimum Gasteiger partial charge on any atom is -0.301 e. The molecule has 0 radical (unpaired) electrons. The van der Waals surface area contributed by atoms with Crippen LogP contribution in [-0.2, 0) is 4.84 Å². The summed E-state index contributed by atoms with van der Waals surface area (Å²) in [6, 6.07) is 0.451. The second-order valence-corrected chi connectivity index (χ2v) is 8.05. The average Bonchev–Trinajstić information content (AvgIpc) is 3.16. The Morgan fingerprint density at radius 2 is 2.30 bits per heavy atom. The average molecular weight is 316 g/mol. The Morgan fingerprint density at radius 1 is 1.35 bits per heavy atom. The van der Waals surface area contributed by atoms with E-state index in [1.165, 1.54) is 18.6 Å². The van der Waals surface area contributed by atoms with Crippen molar-refractivity contribution in [3.63, 3.8) is 0 Å². The molecule has 20 heavy (non-hydrogen) atoms. The summed E-state index contributed by atoms with van der Waals surface area (Å²) in [6.45, 7) is 2.99. The molecule has 4 N–H and O–H groups in total. The van der Waals surface area contributed by atoms with Crippen molar-refractivity contribution in [3.8, 4) is 0 Å². The first-order chi connectivity index (χ1) is 9.81. The topological polar surface area (TPSA) is 57.4 Å². The molecule has 3 saturated heterocycles. The molecule has 0 spiro atoms. The van der Waals surface area contributed by atoms with Crippen molar-refractivity contribution in [1.82, 2.24) is 21.6 Å². The van der Waals surface area contributed by atoms with Crippen LogP contribution in [0.2, 0.25) is 0 Å². The molecular formula is C13H24N4OS2. The zero-order chi connectivity index (χ0) is 13.8. The van der Waals surface area contributed by atoms with E-state index in [2.05, 4.69) is 52.5 Å². The Labute approximate surface area is 129 Å². The first-order valence-electron chi connectivity index (χ1n) is 7.37. The van der Waals surface area contributed by atoms with Crippen molar-refractivity contribution in [1.29, 1.82) is 0 Å². The Hall–Kier alpha value is 0.240. The first-order valence-corrected chi connectivity index (χ1v) is 9.47. The van der Waals surface area contributed by atoms with Gasteiger partial charge >= 0.3 is 0 Å². The second kappa shape index (κ2) is 7.49. The number of hydrogen-bond acceptors (Lipinski definition) is 7. The Morgan fingerprint density at radius 3 is 3.05 bits per heavy atom. The highest BCUT2D eigenvalue weighted by molar-refractivity contribution is 8.00. The van der Waals surface area contributed by atoms with Gasteiger partial charge in [-0.1, -0.05) is 12.2 Å². The van der Waals surface area contributed by atoms with Gasteiger partial charge in [-0.15, -0.1) is 11.8 Å². The van der Waals surface area contributed by atoms with Gasteiger partial charge in [-0.2, -0.15) is 17.2 Å². The normalized spacial score (nSPS) is 42.0. The molecule has 0 aromatic heterocycles. The molecule has 3 rings (SSSR count). The largest absolute Gasteiger partial charge is 0.301 e. The molecule has 5 nitrogen and oxygen atoms in total. The highest BCUT2D eigenvalue weighted by atomic mass is 32.2. The molecule has 3 fully saturated rings. The Balaban J connectivity index is 1.36. The summed E-state index contributed by atoms with van der Waals surface area (Å²) in [6.07, 6.45) is 7.51. The minimum absolute atomic E-state index is 0.240. The minimum atomic E-state index is 0.240. The van der Waals surface area contributed by atoms with Crippen LogP contribution >= 0.6 is 23.5 Å². The third kappa shape index (κ3) is 4.13. The van der Waals surface area contributed by atoms with Gasteiger partial charge in [0.05, 0.1) is 12.8 Å². The molecule has 7 heteroatoms. The van der Waals surface area contributed by atoms with Crippen LogP contribution in [0.15, 0.2) is 12.2 Å². The van der Waals surface area contributed by atoms with Crippen molar-refractivity contribution < 1.29 is 4.84 Å². The number of hydroxylamine groups is 1. The fraction of sp³-hybridized carbons (Fsp3) is 0.846. The third-order valence-electron chi connectivity index (χ3n) is 3.93. The van der Waals surface area contributed by atoms with Crippen LogP contribution in [0.25, 0.3) is 0 Å². The van der Waals surface area contributed by atoms with Crippen LogP contribution in [-0.4, -0.2) is 41.1 Å². The van der Waals surface area contributed by atoms with Crippen molar-refractivity contribution in [2.75, 3.05) is 18.1 Å². The molecule has 0 aromatic carbocycles. The lowest BCUT2D eigenvalue weighted by Gasteiger charge is -2.15.